The minimum atomic E-state index is -3.02. The monoisotopic (exact) mass is 248 g/mol. The van der Waals surface area contributed by atoms with Gasteiger partial charge in [-0.25, -0.2) is 4.79 Å². The Morgan fingerprint density at radius 1 is 1.24 bits per heavy atom. The van der Waals surface area contributed by atoms with E-state index in [4.69, 9.17) is 10.2 Å². The lowest BCUT2D eigenvalue weighted by molar-refractivity contribution is -0.181. The number of Topliss-reactive ketones (excluding diaryl/α,β-unsaturated/α-hetero) is 1. The van der Waals surface area contributed by atoms with Gasteiger partial charge in [-0.2, -0.15) is 0 Å². The van der Waals surface area contributed by atoms with Crippen molar-refractivity contribution in [2.75, 3.05) is 7.11 Å². The van der Waals surface area contributed by atoms with Gasteiger partial charge in [-0.3, -0.25) is 14.4 Å². The normalized spacial score (nSPS) is 15.5. The van der Waals surface area contributed by atoms with Crippen molar-refractivity contribution in [1.29, 1.82) is 0 Å². The zero-order valence-corrected chi connectivity index (χ0v) is 9.17. The van der Waals surface area contributed by atoms with Gasteiger partial charge in [0.05, 0.1) is 13.5 Å². The molecule has 2 atom stereocenters. The van der Waals surface area contributed by atoms with Crippen LogP contribution in [0.25, 0.3) is 0 Å². The van der Waals surface area contributed by atoms with Crippen molar-refractivity contribution in [3.8, 4) is 0 Å². The first-order valence-electron chi connectivity index (χ1n) is 4.42. The molecule has 0 aromatic carbocycles. The number of aliphatic hydroxyl groups is 1. The molecule has 96 valence electrons. The van der Waals surface area contributed by atoms with E-state index in [1.165, 1.54) is 0 Å². The number of esters is 1. The van der Waals surface area contributed by atoms with E-state index in [9.17, 15) is 24.3 Å². The number of ether oxygens (including phenoxy) is 1. The van der Waals surface area contributed by atoms with E-state index >= 15 is 0 Å². The molecule has 0 aliphatic carbocycles. The molecule has 0 aromatic rings. The van der Waals surface area contributed by atoms with Gasteiger partial charge in [-0.1, -0.05) is 0 Å². The molecule has 0 rings (SSSR count). The third-order valence-electron chi connectivity index (χ3n) is 2.11. The van der Waals surface area contributed by atoms with E-state index in [2.05, 4.69) is 4.74 Å². The summed E-state index contributed by atoms with van der Waals surface area (Å²) >= 11 is 0. The Morgan fingerprint density at radius 2 is 1.71 bits per heavy atom. The highest BCUT2D eigenvalue weighted by Gasteiger charge is 2.53. The summed E-state index contributed by atoms with van der Waals surface area (Å²) in [5, 5.41) is 27.0. The predicted octanol–water partition coefficient (Wildman–Crippen LogP) is -1.34. The van der Waals surface area contributed by atoms with Crippen LogP contribution in [-0.4, -0.2) is 51.7 Å². The summed E-state index contributed by atoms with van der Waals surface area (Å²) < 4.78 is 4.18. The lowest BCUT2D eigenvalue weighted by atomic mass is 9.82. The highest BCUT2D eigenvalue weighted by atomic mass is 16.5. The van der Waals surface area contributed by atoms with Gasteiger partial charge < -0.3 is 20.1 Å². The van der Waals surface area contributed by atoms with Crippen LogP contribution in [0, 0.1) is 5.92 Å². The maximum atomic E-state index is 11.2. The second-order valence-corrected chi connectivity index (χ2v) is 3.37. The molecule has 3 N–H and O–H groups in total. The SMILES string of the molecule is COC(=O)C(C(C)=O)C(O)(CC(=O)O)C(=O)O. The van der Waals surface area contributed by atoms with Gasteiger partial charge in [0, 0.05) is 0 Å². The van der Waals surface area contributed by atoms with Crippen molar-refractivity contribution in [1.82, 2.24) is 0 Å². The summed E-state index contributed by atoms with van der Waals surface area (Å²) in [4.78, 5) is 43.7. The van der Waals surface area contributed by atoms with Crippen molar-refractivity contribution in [2.45, 2.75) is 18.9 Å². The smallest absolute Gasteiger partial charge is 0.337 e. The minimum Gasteiger partial charge on any atom is -0.481 e. The van der Waals surface area contributed by atoms with Crippen molar-refractivity contribution in [2.24, 2.45) is 5.92 Å². The fourth-order valence-electron chi connectivity index (χ4n) is 1.35. The molecule has 0 aliphatic rings. The van der Waals surface area contributed by atoms with Crippen LogP contribution in [0.3, 0.4) is 0 Å². The van der Waals surface area contributed by atoms with Gasteiger partial charge in [0.1, 0.15) is 5.78 Å². The van der Waals surface area contributed by atoms with Crippen LogP contribution in [-0.2, 0) is 23.9 Å². The fraction of sp³-hybridized carbons (Fsp3) is 0.556. The van der Waals surface area contributed by atoms with E-state index < -0.39 is 41.6 Å². The number of hydrogen-bond acceptors (Lipinski definition) is 6. The number of ketones is 1. The topological polar surface area (TPSA) is 138 Å². The van der Waals surface area contributed by atoms with E-state index in [1.54, 1.807) is 0 Å². The van der Waals surface area contributed by atoms with E-state index in [0.717, 1.165) is 14.0 Å². The standard InChI is InChI=1S/C9H12O8/c1-4(10)6(7(13)17-2)9(16,8(14)15)3-5(11)12/h6,16H,3H2,1-2H3,(H,11,12)(H,14,15). The fourth-order valence-corrected chi connectivity index (χ4v) is 1.35. The Kier molecular flexibility index (Phi) is 4.77. The first-order chi connectivity index (χ1) is 7.66. The molecule has 0 fully saturated rings. The molecule has 8 heteroatoms. The molecular weight excluding hydrogens is 236 g/mol. The van der Waals surface area contributed by atoms with Gasteiger partial charge in [0.25, 0.3) is 0 Å². The highest BCUT2D eigenvalue weighted by Crippen LogP contribution is 2.25. The maximum Gasteiger partial charge on any atom is 0.337 e. The summed E-state index contributed by atoms with van der Waals surface area (Å²) in [5.74, 6) is -8.02. The van der Waals surface area contributed by atoms with Gasteiger partial charge in [-0.05, 0) is 6.92 Å². The van der Waals surface area contributed by atoms with Crippen LogP contribution in [0.4, 0.5) is 0 Å². The van der Waals surface area contributed by atoms with E-state index in [0.29, 0.717) is 0 Å². The molecule has 0 heterocycles. The molecule has 0 amide bonds. The number of hydrogen-bond donors (Lipinski definition) is 3. The lowest BCUT2D eigenvalue weighted by Crippen LogP contribution is -2.53. The molecule has 8 nitrogen and oxygen atoms in total. The number of rotatable bonds is 6. The molecule has 0 saturated heterocycles. The van der Waals surface area contributed by atoms with Crippen LogP contribution in [0.1, 0.15) is 13.3 Å². The van der Waals surface area contributed by atoms with Crippen LogP contribution in [0.15, 0.2) is 0 Å². The zero-order chi connectivity index (χ0) is 13.8. The Labute approximate surface area is 95.8 Å². The quantitative estimate of drug-likeness (QED) is 0.387. The molecular formula is C9H12O8. The average molecular weight is 248 g/mol. The number of carboxylic acids is 2. The predicted molar refractivity (Wildman–Crippen MR) is 51.0 cm³/mol. The lowest BCUT2D eigenvalue weighted by Gasteiger charge is -2.27. The Morgan fingerprint density at radius 3 is 1.94 bits per heavy atom. The molecule has 0 saturated carbocycles. The average Bonchev–Trinajstić information content (AvgIpc) is 2.15. The largest absolute Gasteiger partial charge is 0.481 e. The number of carbonyl (C=O) groups excluding carboxylic acids is 2. The summed E-state index contributed by atoms with van der Waals surface area (Å²) in [6.45, 7) is 0.858. The van der Waals surface area contributed by atoms with Gasteiger partial charge in [0.2, 0.25) is 0 Å². The number of carboxylic acid groups (broad SMARTS) is 2. The molecule has 2 unspecified atom stereocenters. The first-order valence-corrected chi connectivity index (χ1v) is 4.42. The molecule has 0 spiro atoms. The molecule has 17 heavy (non-hydrogen) atoms. The minimum absolute atomic E-state index is 0.858. The second kappa shape index (κ2) is 5.39. The maximum absolute atomic E-state index is 11.2. The first kappa shape index (κ1) is 15.0. The molecule has 0 aromatic heterocycles. The number of methoxy groups -OCH3 is 1. The summed E-state index contributed by atoms with van der Waals surface area (Å²) in [6.07, 6.45) is -1.29. The van der Waals surface area contributed by atoms with E-state index in [-0.39, 0.29) is 0 Å². The van der Waals surface area contributed by atoms with Crippen LogP contribution in [0.5, 0.6) is 0 Å². The summed E-state index contributed by atoms with van der Waals surface area (Å²) in [6, 6.07) is 0. The molecule has 0 bridgehead atoms. The summed E-state index contributed by atoms with van der Waals surface area (Å²) in [7, 11) is 0.890. The molecule has 0 aliphatic heterocycles. The van der Waals surface area contributed by atoms with Crippen LogP contribution in [0.2, 0.25) is 0 Å². The van der Waals surface area contributed by atoms with Crippen LogP contribution >= 0.6 is 0 Å². The van der Waals surface area contributed by atoms with Crippen molar-refractivity contribution in [3.63, 3.8) is 0 Å². The van der Waals surface area contributed by atoms with Gasteiger partial charge >= 0.3 is 17.9 Å². The third-order valence-corrected chi connectivity index (χ3v) is 2.11. The number of aliphatic carboxylic acids is 2. The highest BCUT2D eigenvalue weighted by molar-refractivity contribution is 6.05. The van der Waals surface area contributed by atoms with Crippen molar-refractivity contribution < 1.29 is 39.2 Å². The third kappa shape index (κ3) is 3.25. The van der Waals surface area contributed by atoms with Crippen molar-refractivity contribution >= 4 is 23.7 Å². The Hall–Kier alpha value is -1.96. The van der Waals surface area contributed by atoms with Crippen molar-refractivity contribution in [3.05, 3.63) is 0 Å². The Balaban J connectivity index is 5.53. The number of carbonyl (C=O) groups is 4. The Bertz CT molecular complexity index is 360. The van der Waals surface area contributed by atoms with E-state index in [1.807, 2.05) is 0 Å². The van der Waals surface area contributed by atoms with Gasteiger partial charge in [0.15, 0.2) is 11.5 Å². The van der Waals surface area contributed by atoms with Gasteiger partial charge in [-0.15, -0.1) is 0 Å². The summed E-state index contributed by atoms with van der Waals surface area (Å²) in [5.41, 5.74) is -3.02. The van der Waals surface area contributed by atoms with Crippen LogP contribution < -0.4 is 0 Å². The molecule has 0 radical (unpaired) electrons. The zero-order valence-electron chi connectivity index (χ0n) is 9.17. The second-order valence-electron chi connectivity index (χ2n) is 3.37.